The van der Waals surface area contributed by atoms with Crippen molar-refractivity contribution in [1.29, 1.82) is 0 Å². The Balaban J connectivity index is 1.68. The predicted molar refractivity (Wildman–Crippen MR) is 78.9 cm³/mol. The lowest BCUT2D eigenvalue weighted by Crippen LogP contribution is -2.45. The average Bonchev–Trinajstić information content (AvgIpc) is 2.89. The molecule has 0 aromatic rings. The molecule has 2 fully saturated rings. The van der Waals surface area contributed by atoms with Crippen molar-refractivity contribution in [1.82, 2.24) is 10.2 Å². The highest BCUT2D eigenvalue weighted by Gasteiger charge is 2.24. The van der Waals surface area contributed by atoms with E-state index in [2.05, 4.69) is 24.1 Å². The van der Waals surface area contributed by atoms with E-state index >= 15 is 0 Å². The molecule has 0 bridgehead atoms. The van der Waals surface area contributed by atoms with Gasteiger partial charge >= 0.3 is 0 Å². The monoisotopic (exact) mass is 252 g/mol. The molecule has 0 aromatic heterocycles. The van der Waals surface area contributed by atoms with E-state index in [1.807, 2.05) is 0 Å². The second kappa shape index (κ2) is 7.49. The fourth-order valence-corrected chi connectivity index (χ4v) is 3.69. The van der Waals surface area contributed by atoms with Crippen molar-refractivity contribution in [2.75, 3.05) is 26.2 Å². The summed E-state index contributed by atoms with van der Waals surface area (Å²) >= 11 is 0. The zero-order valence-corrected chi connectivity index (χ0v) is 12.5. The zero-order chi connectivity index (χ0) is 12.8. The van der Waals surface area contributed by atoms with E-state index in [0.717, 1.165) is 17.9 Å². The van der Waals surface area contributed by atoms with Crippen LogP contribution in [0.25, 0.3) is 0 Å². The summed E-state index contributed by atoms with van der Waals surface area (Å²) in [5.74, 6) is 1.74. The van der Waals surface area contributed by atoms with Gasteiger partial charge in [0.2, 0.25) is 0 Å². The quantitative estimate of drug-likeness (QED) is 0.780. The molecule has 1 aliphatic carbocycles. The van der Waals surface area contributed by atoms with Crippen LogP contribution in [0.1, 0.15) is 58.8 Å². The van der Waals surface area contributed by atoms with E-state index in [-0.39, 0.29) is 0 Å². The van der Waals surface area contributed by atoms with Crippen LogP contribution in [0.4, 0.5) is 0 Å². The first-order valence-corrected chi connectivity index (χ1v) is 8.22. The lowest BCUT2D eigenvalue weighted by atomic mass is 9.89. The summed E-state index contributed by atoms with van der Waals surface area (Å²) in [6, 6.07) is 0.760. The highest BCUT2D eigenvalue weighted by Crippen LogP contribution is 2.23. The van der Waals surface area contributed by atoms with Gasteiger partial charge in [-0.05, 0) is 57.2 Å². The van der Waals surface area contributed by atoms with Crippen molar-refractivity contribution in [3.63, 3.8) is 0 Å². The highest BCUT2D eigenvalue weighted by atomic mass is 15.2. The van der Waals surface area contributed by atoms with Gasteiger partial charge in [-0.25, -0.2) is 0 Å². The third-order valence-electron chi connectivity index (χ3n) is 4.89. The van der Waals surface area contributed by atoms with Crippen molar-refractivity contribution in [3.8, 4) is 0 Å². The van der Waals surface area contributed by atoms with Crippen molar-refractivity contribution in [2.24, 2.45) is 11.8 Å². The number of rotatable bonds is 6. The summed E-state index contributed by atoms with van der Waals surface area (Å²) < 4.78 is 0. The second-order valence-corrected chi connectivity index (χ2v) is 6.72. The Morgan fingerprint density at radius 1 is 1.00 bits per heavy atom. The first-order valence-electron chi connectivity index (χ1n) is 8.22. The molecule has 0 radical (unpaired) electrons. The molecule has 18 heavy (non-hydrogen) atoms. The number of hydrogen-bond acceptors (Lipinski definition) is 2. The van der Waals surface area contributed by atoms with Crippen molar-refractivity contribution in [3.05, 3.63) is 0 Å². The highest BCUT2D eigenvalue weighted by molar-refractivity contribution is 4.81. The van der Waals surface area contributed by atoms with E-state index in [1.54, 1.807) is 0 Å². The first-order chi connectivity index (χ1) is 8.77. The summed E-state index contributed by atoms with van der Waals surface area (Å²) in [6.45, 7) is 9.88. The zero-order valence-electron chi connectivity index (χ0n) is 12.5. The van der Waals surface area contributed by atoms with Gasteiger partial charge in [-0.1, -0.05) is 33.1 Å². The maximum Gasteiger partial charge on any atom is 0.0243 e. The minimum absolute atomic E-state index is 0.760. The third-order valence-corrected chi connectivity index (χ3v) is 4.89. The van der Waals surface area contributed by atoms with Crippen LogP contribution in [0.5, 0.6) is 0 Å². The largest absolute Gasteiger partial charge is 0.315 e. The molecule has 1 saturated heterocycles. The Labute approximate surface area is 114 Å². The lowest BCUT2D eigenvalue weighted by Gasteiger charge is -2.32. The van der Waals surface area contributed by atoms with Crippen LogP contribution in [0, 0.1) is 11.8 Å². The molecular formula is C16H32N2. The summed E-state index contributed by atoms with van der Waals surface area (Å²) in [7, 11) is 0. The maximum atomic E-state index is 3.77. The van der Waals surface area contributed by atoms with Crippen LogP contribution in [-0.2, 0) is 0 Å². The number of hydrogen-bond donors (Lipinski definition) is 1. The van der Waals surface area contributed by atoms with Crippen LogP contribution < -0.4 is 5.32 Å². The van der Waals surface area contributed by atoms with E-state index in [4.69, 9.17) is 0 Å². The summed E-state index contributed by atoms with van der Waals surface area (Å²) in [5.41, 5.74) is 0. The molecule has 106 valence electrons. The lowest BCUT2D eigenvalue weighted by molar-refractivity contribution is 0.182. The number of likely N-dealkylation sites (tertiary alicyclic amines) is 1. The molecule has 1 aliphatic heterocycles. The molecule has 1 N–H and O–H groups in total. The Bertz CT molecular complexity index is 215. The van der Waals surface area contributed by atoms with E-state index in [0.29, 0.717) is 0 Å². The van der Waals surface area contributed by atoms with Crippen LogP contribution >= 0.6 is 0 Å². The van der Waals surface area contributed by atoms with Gasteiger partial charge in [-0.15, -0.1) is 0 Å². The number of nitrogens with one attached hydrogen (secondary N) is 1. The van der Waals surface area contributed by atoms with Gasteiger partial charge in [0.1, 0.15) is 0 Å². The van der Waals surface area contributed by atoms with Gasteiger partial charge in [0, 0.05) is 12.6 Å². The maximum absolute atomic E-state index is 3.77. The Morgan fingerprint density at radius 2 is 1.67 bits per heavy atom. The standard InChI is InChI=1S/C16H32N2/c1-14(2)16(18-10-6-7-11-18)13-17-12-15-8-4-3-5-9-15/h14-17H,3-13H2,1-2H3. The molecule has 1 atom stereocenters. The Hall–Kier alpha value is -0.0800. The molecule has 1 unspecified atom stereocenters. The van der Waals surface area contributed by atoms with E-state index < -0.39 is 0 Å². The van der Waals surface area contributed by atoms with Crippen molar-refractivity contribution >= 4 is 0 Å². The van der Waals surface area contributed by atoms with Gasteiger partial charge in [0.25, 0.3) is 0 Å². The van der Waals surface area contributed by atoms with Crippen LogP contribution in [-0.4, -0.2) is 37.1 Å². The fourth-order valence-electron chi connectivity index (χ4n) is 3.69. The molecule has 2 nitrogen and oxygen atoms in total. The molecule has 0 spiro atoms. The molecule has 2 rings (SSSR count). The van der Waals surface area contributed by atoms with Gasteiger partial charge in [0.05, 0.1) is 0 Å². The molecule has 1 heterocycles. The molecule has 2 aliphatic rings. The molecule has 2 heteroatoms. The van der Waals surface area contributed by atoms with Gasteiger partial charge in [0.15, 0.2) is 0 Å². The summed E-state index contributed by atoms with van der Waals surface area (Å²) in [5, 5.41) is 3.77. The minimum Gasteiger partial charge on any atom is -0.315 e. The topological polar surface area (TPSA) is 15.3 Å². The summed E-state index contributed by atoms with van der Waals surface area (Å²) in [6.07, 6.45) is 10.1. The molecule has 0 aromatic carbocycles. The molecular weight excluding hydrogens is 220 g/mol. The normalized spacial score (nSPS) is 24.8. The van der Waals surface area contributed by atoms with Crippen molar-refractivity contribution < 1.29 is 0 Å². The van der Waals surface area contributed by atoms with Crippen LogP contribution in [0.3, 0.4) is 0 Å². The predicted octanol–water partition coefficient (Wildman–Crippen LogP) is 3.28. The first kappa shape index (κ1) is 14.3. The summed E-state index contributed by atoms with van der Waals surface area (Å²) in [4.78, 5) is 2.71. The molecule has 1 saturated carbocycles. The minimum atomic E-state index is 0.760. The third kappa shape index (κ3) is 4.24. The smallest absolute Gasteiger partial charge is 0.0243 e. The van der Waals surface area contributed by atoms with Gasteiger partial charge in [-0.3, -0.25) is 4.90 Å². The van der Waals surface area contributed by atoms with E-state index in [9.17, 15) is 0 Å². The Morgan fingerprint density at radius 3 is 2.28 bits per heavy atom. The Kier molecular flexibility index (Phi) is 5.97. The van der Waals surface area contributed by atoms with Gasteiger partial charge in [-0.2, -0.15) is 0 Å². The van der Waals surface area contributed by atoms with Crippen LogP contribution in [0.2, 0.25) is 0 Å². The second-order valence-electron chi connectivity index (χ2n) is 6.72. The number of nitrogens with zero attached hydrogens (tertiary/aromatic N) is 1. The van der Waals surface area contributed by atoms with Gasteiger partial charge < -0.3 is 5.32 Å². The van der Waals surface area contributed by atoms with Crippen molar-refractivity contribution in [2.45, 2.75) is 64.8 Å². The van der Waals surface area contributed by atoms with E-state index in [1.165, 1.54) is 71.1 Å². The SMILES string of the molecule is CC(C)C(CNCC1CCCCC1)N1CCCC1. The molecule has 0 amide bonds. The average molecular weight is 252 g/mol. The fraction of sp³-hybridized carbons (Fsp3) is 1.00. The van der Waals surface area contributed by atoms with Crippen LogP contribution in [0.15, 0.2) is 0 Å².